The zero-order valence-corrected chi connectivity index (χ0v) is 13.4. The van der Waals surface area contributed by atoms with E-state index in [1.165, 1.54) is 11.1 Å². The Labute approximate surface area is 127 Å². The molecule has 2 aromatic rings. The van der Waals surface area contributed by atoms with E-state index in [0.29, 0.717) is 17.5 Å². The van der Waals surface area contributed by atoms with Crippen LogP contribution in [0.4, 0.5) is 8.78 Å². The first-order chi connectivity index (χ1) is 9.38. The number of hydrogen-bond donors (Lipinski definition) is 0. The van der Waals surface area contributed by atoms with Crippen molar-refractivity contribution in [3.05, 3.63) is 69.8 Å². The Morgan fingerprint density at radius 2 is 1.60 bits per heavy atom. The first-order valence-electron chi connectivity index (χ1n) is 6.54. The van der Waals surface area contributed by atoms with Gasteiger partial charge in [0.15, 0.2) is 0 Å². The van der Waals surface area contributed by atoms with Gasteiger partial charge in [-0.3, -0.25) is 0 Å². The first-order valence-corrected chi connectivity index (χ1v) is 7.46. The van der Waals surface area contributed by atoms with Gasteiger partial charge in [0, 0.05) is 16.5 Å². The smallest absolute Gasteiger partial charge is 0.130 e. The maximum absolute atomic E-state index is 13.9. The Bertz CT molecular complexity index is 635. The number of halogens is 3. The molecule has 0 aliphatic heterocycles. The van der Waals surface area contributed by atoms with Gasteiger partial charge in [-0.05, 0) is 55.5 Å². The Kier molecular flexibility index (Phi) is 4.59. The average molecular weight is 339 g/mol. The largest absolute Gasteiger partial charge is 0.207 e. The van der Waals surface area contributed by atoms with Gasteiger partial charge in [-0.25, -0.2) is 8.78 Å². The van der Waals surface area contributed by atoms with Crippen molar-refractivity contribution in [2.45, 2.75) is 32.0 Å². The fourth-order valence-electron chi connectivity index (χ4n) is 2.17. The van der Waals surface area contributed by atoms with Crippen LogP contribution in [-0.4, -0.2) is 0 Å². The van der Waals surface area contributed by atoms with E-state index in [4.69, 9.17) is 0 Å². The van der Waals surface area contributed by atoms with Gasteiger partial charge in [-0.15, -0.1) is 0 Å². The average Bonchev–Trinajstić information content (AvgIpc) is 2.38. The highest BCUT2D eigenvalue weighted by Crippen LogP contribution is 2.31. The van der Waals surface area contributed by atoms with Crippen LogP contribution in [-0.2, 0) is 6.42 Å². The molecule has 3 heteroatoms. The maximum atomic E-state index is 13.9. The summed E-state index contributed by atoms with van der Waals surface area (Å²) in [5.41, 5.74) is 4.56. The molecule has 0 aliphatic carbocycles. The van der Waals surface area contributed by atoms with E-state index < -0.39 is 11.6 Å². The molecule has 0 fully saturated rings. The second-order valence-electron chi connectivity index (χ2n) is 5.21. The third kappa shape index (κ3) is 3.26. The molecule has 0 aromatic heterocycles. The molecule has 0 aliphatic rings. The van der Waals surface area contributed by atoms with Crippen LogP contribution in [0, 0.1) is 32.4 Å². The minimum absolute atomic E-state index is 0.163. The minimum atomic E-state index is -0.503. The van der Waals surface area contributed by atoms with Crippen LogP contribution in [0.3, 0.4) is 0 Å². The van der Waals surface area contributed by atoms with Gasteiger partial charge in [-0.1, -0.05) is 34.1 Å². The van der Waals surface area contributed by atoms with Gasteiger partial charge in [0.25, 0.3) is 0 Å². The third-order valence-corrected chi connectivity index (χ3v) is 4.42. The third-order valence-electron chi connectivity index (χ3n) is 3.60. The molecule has 0 nitrogen and oxygen atoms in total. The molecule has 1 unspecified atom stereocenters. The Morgan fingerprint density at radius 3 is 2.25 bits per heavy atom. The summed E-state index contributed by atoms with van der Waals surface area (Å²) >= 11 is 3.51. The molecule has 0 spiro atoms. The summed E-state index contributed by atoms with van der Waals surface area (Å²) in [6.45, 7) is 5.77. The summed E-state index contributed by atoms with van der Waals surface area (Å²) in [4.78, 5) is -0.163. The molecule has 0 radical (unpaired) electrons. The highest BCUT2D eigenvalue weighted by atomic mass is 79.9. The monoisotopic (exact) mass is 338 g/mol. The standard InChI is InChI=1S/C17H17BrF2/c1-10-4-5-13(6-11(10)2)8-15(18)14-7-12(3)16(19)9-17(14)20/h4-7,9,15H,8H2,1-3H3. The fraction of sp³-hybridized carbons (Fsp3) is 0.294. The van der Waals surface area contributed by atoms with Crippen LogP contribution in [0.5, 0.6) is 0 Å². The Balaban J connectivity index is 2.25. The molecular weight excluding hydrogens is 322 g/mol. The molecule has 1 atom stereocenters. The van der Waals surface area contributed by atoms with Gasteiger partial charge in [-0.2, -0.15) is 0 Å². The highest BCUT2D eigenvalue weighted by molar-refractivity contribution is 9.09. The fourth-order valence-corrected chi connectivity index (χ4v) is 2.89. The van der Waals surface area contributed by atoms with Crippen LogP contribution < -0.4 is 0 Å². The first kappa shape index (κ1) is 15.2. The molecule has 2 aromatic carbocycles. The van der Waals surface area contributed by atoms with Crippen LogP contribution in [0.15, 0.2) is 30.3 Å². The molecule has 106 valence electrons. The maximum Gasteiger partial charge on any atom is 0.130 e. The van der Waals surface area contributed by atoms with E-state index in [-0.39, 0.29) is 4.83 Å². The zero-order valence-electron chi connectivity index (χ0n) is 11.8. The summed E-state index contributed by atoms with van der Waals surface area (Å²) in [5, 5.41) is 0. The lowest BCUT2D eigenvalue weighted by Crippen LogP contribution is -2.01. The Morgan fingerprint density at radius 1 is 0.900 bits per heavy atom. The lowest BCUT2D eigenvalue weighted by molar-refractivity contribution is 0.566. The molecular formula is C17H17BrF2. The van der Waals surface area contributed by atoms with Crippen molar-refractivity contribution in [2.24, 2.45) is 0 Å². The second kappa shape index (κ2) is 6.04. The van der Waals surface area contributed by atoms with Crippen LogP contribution >= 0.6 is 15.9 Å². The quantitative estimate of drug-likeness (QED) is 0.642. The van der Waals surface area contributed by atoms with Crippen molar-refractivity contribution >= 4 is 15.9 Å². The van der Waals surface area contributed by atoms with Crippen molar-refractivity contribution < 1.29 is 8.78 Å². The van der Waals surface area contributed by atoms with E-state index in [9.17, 15) is 8.78 Å². The van der Waals surface area contributed by atoms with E-state index in [1.807, 2.05) is 6.07 Å². The van der Waals surface area contributed by atoms with Crippen molar-refractivity contribution in [1.82, 2.24) is 0 Å². The molecule has 20 heavy (non-hydrogen) atoms. The topological polar surface area (TPSA) is 0 Å². The highest BCUT2D eigenvalue weighted by Gasteiger charge is 2.16. The van der Waals surface area contributed by atoms with Gasteiger partial charge < -0.3 is 0 Å². The molecule has 0 amide bonds. The van der Waals surface area contributed by atoms with Crippen LogP contribution in [0.1, 0.15) is 32.6 Å². The Hall–Kier alpha value is -1.22. The van der Waals surface area contributed by atoms with Crippen molar-refractivity contribution in [3.63, 3.8) is 0 Å². The molecule has 0 saturated heterocycles. The number of aryl methyl sites for hydroxylation is 3. The van der Waals surface area contributed by atoms with E-state index in [0.717, 1.165) is 11.6 Å². The molecule has 0 heterocycles. The van der Waals surface area contributed by atoms with Gasteiger partial charge in [0.1, 0.15) is 11.6 Å². The molecule has 2 rings (SSSR count). The zero-order chi connectivity index (χ0) is 14.9. The SMILES string of the molecule is Cc1ccc(CC(Br)c2cc(C)c(F)cc2F)cc1C. The van der Waals surface area contributed by atoms with E-state index in [1.54, 1.807) is 13.0 Å². The number of alkyl halides is 1. The van der Waals surface area contributed by atoms with Crippen LogP contribution in [0.2, 0.25) is 0 Å². The molecule has 0 bridgehead atoms. The van der Waals surface area contributed by atoms with E-state index in [2.05, 4.69) is 41.9 Å². The molecule has 0 N–H and O–H groups in total. The normalized spacial score (nSPS) is 12.5. The summed E-state index contributed by atoms with van der Waals surface area (Å²) in [6.07, 6.45) is 0.670. The summed E-state index contributed by atoms with van der Waals surface area (Å²) < 4.78 is 27.1. The van der Waals surface area contributed by atoms with Gasteiger partial charge in [0.05, 0.1) is 0 Å². The molecule has 0 saturated carbocycles. The lowest BCUT2D eigenvalue weighted by Gasteiger charge is -2.14. The van der Waals surface area contributed by atoms with Crippen molar-refractivity contribution in [1.29, 1.82) is 0 Å². The predicted octanol–water partition coefficient (Wildman–Crippen LogP) is 5.57. The lowest BCUT2D eigenvalue weighted by atomic mass is 9.99. The second-order valence-corrected chi connectivity index (χ2v) is 6.32. The summed E-state index contributed by atoms with van der Waals surface area (Å²) in [6, 6.07) is 8.75. The van der Waals surface area contributed by atoms with Crippen LogP contribution in [0.25, 0.3) is 0 Å². The van der Waals surface area contributed by atoms with E-state index >= 15 is 0 Å². The number of rotatable bonds is 3. The van der Waals surface area contributed by atoms with Gasteiger partial charge in [0.2, 0.25) is 0 Å². The van der Waals surface area contributed by atoms with Gasteiger partial charge >= 0.3 is 0 Å². The predicted molar refractivity (Wildman–Crippen MR) is 82.4 cm³/mol. The van der Waals surface area contributed by atoms with Crippen molar-refractivity contribution in [3.8, 4) is 0 Å². The number of benzene rings is 2. The van der Waals surface area contributed by atoms with Crippen molar-refractivity contribution in [2.75, 3.05) is 0 Å². The summed E-state index contributed by atoms with van der Waals surface area (Å²) in [7, 11) is 0. The summed E-state index contributed by atoms with van der Waals surface area (Å²) in [5.74, 6) is -1.00. The minimum Gasteiger partial charge on any atom is -0.207 e. The number of hydrogen-bond acceptors (Lipinski definition) is 0.